The van der Waals surface area contributed by atoms with Gasteiger partial charge in [-0.25, -0.2) is 8.42 Å². The van der Waals surface area contributed by atoms with Gasteiger partial charge < -0.3 is 20.5 Å². The molecule has 4 N–H and O–H groups in total. The quantitative estimate of drug-likeness (QED) is 0.444. The number of sulfonamides is 1. The lowest BCUT2D eigenvalue weighted by atomic mass is 10.1. The highest BCUT2D eigenvalue weighted by Crippen LogP contribution is 2.22. The summed E-state index contributed by atoms with van der Waals surface area (Å²) in [6, 6.07) is 5.88. The van der Waals surface area contributed by atoms with Crippen molar-refractivity contribution in [2.24, 2.45) is 11.7 Å². The van der Waals surface area contributed by atoms with Crippen LogP contribution in [-0.4, -0.2) is 46.0 Å². The Hall–Kier alpha value is -2.96. The van der Waals surface area contributed by atoms with E-state index in [4.69, 9.17) is 15.2 Å². The summed E-state index contributed by atoms with van der Waals surface area (Å²) < 4.78 is 37.5. The zero-order valence-electron chi connectivity index (χ0n) is 17.1. The number of primary amides is 1. The molecule has 2 aromatic rings. The number of nitrogens with one attached hydrogen (secondary N) is 2. The molecule has 0 fully saturated rings. The molecule has 1 aromatic carbocycles. The fourth-order valence-electron chi connectivity index (χ4n) is 2.44. The number of methoxy groups -OCH3 is 1. The average molecular weight is 470 g/mol. The lowest BCUT2D eigenvalue weighted by Gasteiger charge is -2.20. The van der Waals surface area contributed by atoms with Crippen LogP contribution in [0.5, 0.6) is 5.75 Å². The van der Waals surface area contributed by atoms with Crippen molar-refractivity contribution in [2.75, 3.05) is 19.0 Å². The predicted molar refractivity (Wildman–Crippen MR) is 114 cm³/mol. The van der Waals surface area contributed by atoms with Gasteiger partial charge >= 0.3 is 5.97 Å². The van der Waals surface area contributed by atoms with E-state index in [1.165, 1.54) is 37.4 Å². The predicted octanol–water partition coefficient (Wildman–Crippen LogP) is 1.34. The van der Waals surface area contributed by atoms with E-state index in [0.29, 0.717) is 5.75 Å². The van der Waals surface area contributed by atoms with Gasteiger partial charge in [0.15, 0.2) is 6.61 Å². The Kier molecular flexibility index (Phi) is 8.14. The van der Waals surface area contributed by atoms with Gasteiger partial charge in [-0.3, -0.25) is 14.4 Å². The molecule has 1 atom stereocenters. The molecule has 10 nitrogen and oxygen atoms in total. The minimum absolute atomic E-state index is 0.0545. The smallest absolute Gasteiger partial charge is 0.324 e. The van der Waals surface area contributed by atoms with Crippen molar-refractivity contribution < 1.29 is 32.3 Å². The summed E-state index contributed by atoms with van der Waals surface area (Å²) in [7, 11) is -2.57. The number of hydrogen-bond acceptors (Lipinski definition) is 8. The number of rotatable bonds is 10. The average Bonchev–Trinajstić information content (AvgIpc) is 3.18. The third-order valence-electron chi connectivity index (χ3n) is 4.10. The van der Waals surface area contributed by atoms with Crippen LogP contribution in [0.15, 0.2) is 40.6 Å². The first-order valence-electron chi connectivity index (χ1n) is 9.05. The van der Waals surface area contributed by atoms with Crippen LogP contribution >= 0.6 is 11.3 Å². The Labute approximate surface area is 183 Å². The maximum absolute atomic E-state index is 12.6. The van der Waals surface area contributed by atoms with Crippen molar-refractivity contribution >= 4 is 44.1 Å². The van der Waals surface area contributed by atoms with E-state index in [9.17, 15) is 22.8 Å². The zero-order valence-corrected chi connectivity index (χ0v) is 18.7. The van der Waals surface area contributed by atoms with Gasteiger partial charge in [-0.1, -0.05) is 13.8 Å². The number of amides is 2. The lowest BCUT2D eigenvalue weighted by molar-refractivity contribution is -0.150. The van der Waals surface area contributed by atoms with E-state index < -0.39 is 46.4 Å². The van der Waals surface area contributed by atoms with Gasteiger partial charge in [0.1, 0.15) is 16.8 Å². The molecule has 2 amide bonds. The number of benzene rings is 1. The third-order valence-corrected chi connectivity index (χ3v) is 6.39. The molecule has 0 aliphatic carbocycles. The Bertz CT molecular complexity index is 1050. The van der Waals surface area contributed by atoms with E-state index in [-0.39, 0.29) is 15.5 Å². The first-order valence-corrected chi connectivity index (χ1v) is 11.4. The van der Waals surface area contributed by atoms with Crippen LogP contribution in [0.1, 0.15) is 24.2 Å². The number of nitrogens with two attached hydrogens (primary N) is 1. The van der Waals surface area contributed by atoms with Gasteiger partial charge in [0.05, 0.1) is 17.6 Å². The number of thiophene rings is 1. The van der Waals surface area contributed by atoms with E-state index >= 15 is 0 Å². The third kappa shape index (κ3) is 6.51. The first kappa shape index (κ1) is 24.3. The maximum Gasteiger partial charge on any atom is 0.324 e. The fourth-order valence-corrected chi connectivity index (χ4v) is 4.58. The molecular formula is C19H23N3O7S2. The van der Waals surface area contributed by atoms with Crippen LogP contribution in [-0.2, 0) is 24.3 Å². The van der Waals surface area contributed by atoms with Crippen LogP contribution in [0.25, 0.3) is 0 Å². The molecular weight excluding hydrogens is 446 g/mol. The molecule has 168 valence electrons. The topological polar surface area (TPSA) is 154 Å². The van der Waals surface area contributed by atoms with Crippen molar-refractivity contribution in [3.8, 4) is 5.75 Å². The number of carbonyl (C=O) groups excluding carboxylic acids is 3. The van der Waals surface area contributed by atoms with Gasteiger partial charge in [-0.2, -0.15) is 4.72 Å². The summed E-state index contributed by atoms with van der Waals surface area (Å²) in [4.78, 5) is 35.8. The maximum atomic E-state index is 12.6. The van der Waals surface area contributed by atoms with Crippen molar-refractivity contribution in [3.63, 3.8) is 0 Å². The molecule has 0 aliphatic rings. The Morgan fingerprint density at radius 3 is 2.32 bits per heavy atom. The van der Waals surface area contributed by atoms with Gasteiger partial charge in [0.2, 0.25) is 10.0 Å². The molecule has 0 spiro atoms. The highest BCUT2D eigenvalue weighted by atomic mass is 32.2. The lowest BCUT2D eigenvalue weighted by Crippen LogP contribution is -2.45. The molecule has 0 saturated carbocycles. The van der Waals surface area contributed by atoms with Crippen LogP contribution in [0.4, 0.5) is 5.00 Å². The second-order valence-electron chi connectivity index (χ2n) is 6.70. The second kappa shape index (κ2) is 10.4. The van der Waals surface area contributed by atoms with Crippen molar-refractivity contribution in [1.29, 1.82) is 0 Å². The monoisotopic (exact) mass is 469 g/mol. The summed E-state index contributed by atoms with van der Waals surface area (Å²) in [5, 5.41) is 4.24. The number of anilines is 1. The molecule has 1 aromatic heterocycles. The summed E-state index contributed by atoms with van der Waals surface area (Å²) in [6.45, 7) is 2.60. The van der Waals surface area contributed by atoms with E-state index in [0.717, 1.165) is 11.3 Å². The summed E-state index contributed by atoms with van der Waals surface area (Å²) in [5.41, 5.74) is 5.35. The van der Waals surface area contributed by atoms with Crippen LogP contribution in [0, 0.1) is 5.92 Å². The van der Waals surface area contributed by atoms with Crippen LogP contribution < -0.4 is 20.5 Å². The van der Waals surface area contributed by atoms with Gasteiger partial charge in [0.25, 0.3) is 11.8 Å². The Balaban J connectivity index is 2.02. The molecule has 0 bridgehead atoms. The molecule has 31 heavy (non-hydrogen) atoms. The molecule has 12 heteroatoms. The summed E-state index contributed by atoms with van der Waals surface area (Å²) >= 11 is 1.09. The second-order valence-corrected chi connectivity index (χ2v) is 9.33. The normalized spacial score (nSPS) is 12.3. The SMILES string of the molecule is COc1ccc(S(=O)(=O)N[C@H](C(=O)OCC(=O)Nc2sccc2C(N)=O)C(C)C)cc1. The Morgan fingerprint density at radius 2 is 1.77 bits per heavy atom. The number of ether oxygens (including phenoxy) is 2. The summed E-state index contributed by atoms with van der Waals surface area (Å²) in [5.74, 6) is -2.29. The minimum atomic E-state index is -4.03. The number of esters is 1. The molecule has 0 unspecified atom stereocenters. The zero-order chi connectivity index (χ0) is 23.2. The van der Waals surface area contributed by atoms with E-state index in [2.05, 4.69) is 10.0 Å². The number of carbonyl (C=O) groups is 3. The number of hydrogen-bond donors (Lipinski definition) is 3. The standard InChI is InChI=1S/C19H23N3O7S2/c1-11(2)16(22-31(26,27)13-6-4-12(28-3)5-7-13)19(25)29-10-15(23)21-18-14(17(20)24)8-9-30-18/h4-9,11,16,22H,10H2,1-3H3,(H2,20,24)(H,21,23)/t16-/m0/s1. The molecule has 2 rings (SSSR count). The van der Waals surface area contributed by atoms with E-state index in [1.807, 2.05) is 0 Å². The van der Waals surface area contributed by atoms with Gasteiger partial charge in [-0.15, -0.1) is 11.3 Å². The van der Waals surface area contributed by atoms with Crippen molar-refractivity contribution in [3.05, 3.63) is 41.3 Å². The van der Waals surface area contributed by atoms with Crippen molar-refractivity contribution in [2.45, 2.75) is 24.8 Å². The summed E-state index contributed by atoms with van der Waals surface area (Å²) in [6.07, 6.45) is 0. The van der Waals surface area contributed by atoms with Gasteiger partial charge in [-0.05, 0) is 41.6 Å². The Morgan fingerprint density at radius 1 is 1.13 bits per heavy atom. The van der Waals surface area contributed by atoms with Crippen LogP contribution in [0.2, 0.25) is 0 Å². The van der Waals surface area contributed by atoms with Crippen molar-refractivity contribution in [1.82, 2.24) is 4.72 Å². The fraction of sp³-hybridized carbons (Fsp3) is 0.316. The molecule has 1 heterocycles. The van der Waals surface area contributed by atoms with E-state index in [1.54, 1.807) is 19.2 Å². The first-order chi connectivity index (χ1) is 14.5. The molecule has 0 saturated heterocycles. The molecule has 0 radical (unpaired) electrons. The minimum Gasteiger partial charge on any atom is -0.497 e. The van der Waals surface area contributed by atoms with Crippen LogP contribution in [0.3, 0.4) is 0 Å². The van der Waals surface area contributed by atoms with Gasteiger partial charge in [0, 0.05) is 0 Å². The largest absolute Gasteiger partial charge is 0.497 e. The molecule has 0 aliphatic heterocycles. The highest BCUT2D eigenvalue weighted by molar-refractivity contribution is 7.89. The highest BCUT2D eigenvalue weighted by Gasteiger charge is 2.30.